The number of carboxylic acids is 2. The van der Waals surface area contributed by atoms with Crippen molar-refractivity contribution in [1.82, 2.24) is 10.6 Å². The predicted octanol–water partition coefficient (Wildman–Crippen LogP) is 0.703. The summed E-state index contributed by atoms with van der Waals surface area (Å²) in [5.74, 6) is -5.62. The molecule has 13 heteroatoms. The van der Waals surface area contributed by atoms with Gasteiger partial charge in [0.25, 0.3) is 0 Å². The molecule has 13 nitrogen and oxygen atoms in total. The van der Waals surface area contributed by atoms with Crippen LogP contribution in [0.3, 0.4) is 0 Å². The lowest BCUT2D eigenvalue weighted by molar-refractivity contribution is -0.145. The maximum atomic E-state index is 12.3. The van der Waals surface area contributed by atoms with E-state index >= 15 is 0 Å². The molecule has 0 fully saturated rings. The van der Waals surface area contributed by atoms with Crippen LogP contribution in [-0.4, -0.2) is 96.3 Å². The van der Waals surface area contributed by atoms with Crippen molar-refractivity contribution in [2.45, 2.75) is 77.7 Å². The third-order valence-corrected chi connectivity index (χ3v) is 6.08. The molecule has 0 radical (unpaired) electrons. The lowest BCUT2D eigenvalue weighted by Gasteiger charge is -2.16. The second kappa shape index (κ2) is 22.0. The van der Waals surface area contributed by atoms with Crippen LogP contribution in [0.4, 0.5) is 0 Å². The van der Waals surface area contributed by atoms with Gasteiger partial charge in [0, 0.05) is 38.3 Å². The third kappa shape index (κ3) is 18.1. The van der Waals surface area contributed by atoms with E-state index in [9.17, 15) is 39.0 Å². The van der Waals surface area contributed by atoms with E-state index in [2.05, 4.69) is 10.6 Å². The van der Waals surface area contributed by atoms with E-state index in [1.165, 1.54) is 0 Å². The zero-order chi connectivity index (χ0) is 29.6. The van der Waals surface area contributed by atoms with Gasteiger partial charge in [-0.2, -0.15) is 0 Å². The molecule has 39 heavy (non-hydrogen) atoms. The number of nitrogens with one attached hydrogen (secondary N) is 2. The van der Waals surface area contributed by atoms with E-state index in [-0.39, 0.29) is 62.9 Å². The quantitative estimate of drug-likeness (QED) is 0.0983. The normalized spacial score (nSPS) is 13.2. The van der Waals surface area contributed by atoms with Crippen molar-refractivity contribution in [2.75, 3.05) is 39.6 Å². The molecule has 0 rings (SSSR count). The Morgan fingerprint density at radius 3 is 2.05 bits per heavy atom. The van der Waals surface area contributed by atoms with Gasteiger partial charge >= 0.3 is 11.9 Å². The molecular weight excluding hydrogens is 516 g/mol. The van der Waals surface area contributed by atoms with Gasteiger partial charge in [-0.3, -0.25) is 24.0 Å². The van der Waals surface area contributed by atoms with E-state index in [0.717, 1.165) is 0 Å². The van der Waals surface area contributed by atoms with Crippen molar-refractivity contribution >= 4 is 35.3 Å². The minimum Gasteiger partial charge on any atom is -0.481 e. The number of hydrogen-bond acceptors (Lipinski definition) is 9. The number of carbonyl (C=O) groups is 6. The number of Topliss-reactive ketones (excluding diaryl/α,β-unsaturated/α-hetero) is 2. The molecule has 0 bridgehead atoms. The SMILES string of the molecule is CCOCCOCC(=O)C[C@@H](CCC(=O)N[C@@H](CCC(=O)NCCCC[C@H](CC)C(=O)CO)C(=O)O)C(=O)O. The fourth-order valence-corrected chi connectivity index (χ4v) is 3.75. The molecule has 0 aromatic rings. The van der Waals surface area contributed by atoms with Gasteiger partial charge < -0.3 is 35.4 Å². The molecule has 0 heterocycles. The summed E-state index contributed by atoms with van der Waals surface area (Å²) in [4.78, 5) is 70.9. The highest BCUT2D eigenvalue weighted by Gasteiger charge is 2.25. The molecular formula is C26H44N2O11. The number of unbranched alkanes of at least 4 members (excludes halogenated alkanes) is 1. The predicted molar refractivity (Wildman–Crippen MR) is 139 cm³/mol. The van der Waals surface area contributed by atoms with E-state index in [0.29, 0.717) is 45.4 Å². The Morgan fingerprint density at radius 1 is 0.795 bits per heavy atom. The van der Waals surface area contributed by atoms with Crippen LogP contribution in [0, 0.1) is 11.8 Å². The maximum absolute atomic E-state index is 12.3. The zero-order valence-corrected chi connectivity index (χ0v) is 22.9. The maximum Gasteiger partial charge on any atom is 0.326 e. The number of aliphatic carboxylic acids is 2. The molecule has 0 aliphatic heterocycles. The fraction of sp³-hybridized carbons (Fsp3) is 0.769. The van der Waals surface area contributed by atoms with Crippen LogP contribution in [-0.2, 0) is 38.2 Å². The number of carbonyl (C=O) groups excluding carboxylic acids is 4. The van der Waals surface area contributed by atoms with Crippen molar-refractivity contribution in [2.24, 2.45) is 11.8 Å². The van der Waals surface area contributed by atoms with Gasteiger partial charge in [0.2, 0.25) is 11.8 Å². The summed E-state index contributed by atoms with van der Waals surface area (Å²) < 4.78 is 10.2. The summed E-state index contributed by atoms with van der Waals surface area (Å²) in [7, 11) is 0. The largest absolute Gasteiger partial charge is 0.481 e. The second-order valence-corrected chi connectivity index (χ2v) is 9.14. The highest BCUT2D eigenvalue weighted by molar-refractivity contribution is 5.86. The van der Waals surface area contributed by atoms with Crippen LogP contribution in [0.2, 0.25) is 0 Å². The van der Waals surface area contributed by atoms with Gasteiger partial charge in [-0.05, 0) is 39.0 Å². The number of ether oxygens (including phenoxy) is 2. The molecule has 5 N–H and O–H groups in total. The van der Waals surface area contributed by atoms with Gasteiger partial charge in [0.05, 0.1) is 19.1 Å². The van der Waals surface area contributed by atoms with E-state index in [4.69, 9.17) is 14.6 Å². The fourth-order valence-electron chi connectivity index (χ4n) is 3.75. The number of ketones is 2. The first-order valence-corrected chi connectivity index (χ1v) is 13.4. The minimum atomic E-state index is -1.33. The molecule has 0 saturated carbocycles. The van der Waals surface area contributed by atoms with Crippen molar-refractivity contribution in [3.63, 3.8) is 0 Å². The van der Waals surface area contributed by atoms with Gasteiger partial charge in [0.1, 0.15) is 19.3 Å². The van der Waals surface area contributed by atoms with E-state index in [1.807, 2.05) is 13.8 Å². The highest BCUT2D eigenvalue weighted by atomic mass is 16.5. The molecule has 0 aromatic heterocycles. The second-order valence-electron chi connectivity index (χ2n) is 9.14. The van der Waals surface area contributed by atoms with Gasteiger partial charge in [-0.15, -0.1) is 0 Å². The van der Waals surface area contributed by atoms with Crippen LogP contribution < -0.4 is 10.6 Å². The molecule has 0 unspecified atom stereocenters. The van der Waals surface area contributed by atoms with Crippen LogP contribution in [0.5, 0.6) is 0 Å². The van der Waals surface area contributed by atoms with Crippen molar-refractivity contribution in [3.05, 3.63) is 0 Å². The highest BCUT2D eigenvalue weighted by Crippen LogP contribution is 2.14. The Hall–Kier alpha value is -2.90. The number of rotatable bonds is 25. The first kappa shape index (κ1) is 36.1. The first-order valence-electron chi connectivity index (χ1n) is 13.4. The molecule has 3 atom stereocenters. The summed E-state index contributed by atoms with van der Waals surface area (Å²) in [6.07, 6.45) is 1.45. The lowest BCUT2D eigenvalue weighted by Crippen LogP contribution is -2.42. The van der Waals surface area contributed by atoms with Crippen molar-refractivity contribution in [1.29, 1.82) is 0 Å². The molecule has 0 spiro atoms. The van der Waals surface area contributed by atoms with Crippen molar-refractivity contribution < 1.29 is 53.6 Å². The number of carboxylic acid groups (broad SMARTS) is 2. The van der Waals surface area contributed by atoms with Crippen LogP contribution in [0.15, 0.2) is 0 Å². The van der Waals surface area contributed by atoms with Gasteiger partial charge in [0.15, 0.2) is 11.6 Å². The Morgan fingerprint density at radius 2 is 1.46 bits per heavy atom. The molecule has 0 saturated heterocycles. The first-order chi connectivity index (χ1) is 18.5. The molecule has 0 aliphatic rings. The number of amides is 2. The Kier molecular flexibility index (Phi) is 20.3. The molecule has 224 valence electrons. The van der Waals surface area contributed by atoms with Gasteiger partial charge in [-0.25, -0.2) is 4.79 Å². The summed E-state index contributed by atoms with van der Waals surface area (Å²) in [6.45, 7) is 4.29. The number of aliphatic hydroxyl groups is 1. The van der Waals surface area contributed by atoms with Gasteiger partial charge in [-0.1, -0.05) is 13.3 Å². The number of aliphatic hydroxyl groups excluding tert-OH is 1. The van der Waals surface area contributed by atoms with E-state index < -0.39 is 42.2 Å². The topological polar surface area (TPSA) is 206 Å². The lowest BCUT2D eigenvalue weighted by atomic mass is 9.95. The average Bonchev–Trinajstić information content (AvgIpc) is 2.89. The summed E-state index contributed by atoms with van der Waals surface area (Å²) in [6, 6.07) is -1.33. The standard InChI is InChI=1S/C26H44N2O11/c1-3-18(22(31)16-29)7-5-6-12-27-23(32)11-9-21(26(36)37)28-24(33)10-8-19(25(34)35)15-20(30)17-39-14-13-38-4-2/h18-19,21,29H,3-17H2,1-2H3,(H,27,32)(H,28,33)(H,34,35)(H,36,37)/t18-,19+,21-/m0/s1. The zero-order valence-electron chi connectivity index (χ0n) is 22.9. The number of hydrogen-bond donors (Lipinski definition) is 5. The molecule has 0 aliphatic carbocycles. The van der Waals surface area contributed by atoms with Crippen LogP contribution >= 0.6 is 0 Å². The molecule has 0 aromatic carbocycles. The van der Waals surface area contributed by atoms with E-state index in [1.54, 1.807) is 0 Å². The Bertz CT molecular complexity index is 788. The smallest absolute Gasteiger partial charge is 0.326 e. The van der Waals surface area contributed by atoms with Crippen LogP contribution in [0.25, 0.3) is 0 Å². The summed E-state index contributed by atoms with van der Waals surface area (Å²) in [5, 5.41) is 32.7. The van der Waals surface area contributed by atoms with Crippen LogP contribution in [0.1, 0.15) is 71.6 Å². The Labute approximate surface area is 229 Å². The van der Waals surface area contributed by atoms with Crippen molar-refractivity contribution in [3.8, 4) is 0 Å². The Balaban J connectivity index is 4.40. The third-order valence-electron chi connectivity index (χ3n) is 6.08. The summed E-state index contributed by atoms with van der Waals surface area (Å²) >= 11 is 0. The summed E-state index contributed by atoms with van der Waals surface area (Å²) in [5.41, 5.74) is 0. The monoisotopic (exact) mass is 560 g/mol. The average molecular weight is 561 g/mol. The minimum absolute atomic E-state index is 0.145. The molecule has 2 amide bonds.